The molecule has 34 heavy (non-hydrogen) atoms. The number of carbonyl (C=O) groups is 3. The highest BCUT2D eigenvalue weighted by Gasteiger charge is 2.43. The molecule has 0 bridgehead atoms. The molecule has 0 saturated heterocycles. The van der Waals surface area contributed by atoms with Crippen LogP contribution >= 0.6 is 0 Å². The van der Waals surface area contributed by atoms with Crippen molar-refractivity contribution in [2.24, 2.45) is 0 Å². The first kappa shape index (κ1) is 25.4. The highest BCUT2D eigenvalue weighted by Crippen LogP contribution is 2.30. The van der Waals surface area contributed by atoms with E-state index in [-0.39, 0.29) is 29.0 Å². The molecule has 182 valence electrons. The summed E-state index contributed by atoms with van der Waals surface area (Å²) in [6.45, 7) is 5.19. The molecule has 1 N–H and O–H groups in total. The molecule has 9 heteroatoms. The van der Waals surface area contributed by atoms with Crippen LogP contribution in [0.1, 0.15) is 49.5 Å². The molecule has 2 aromatic carbocycles. The van der Waals surface area contributed by atoms with Gasteiger partial charge < -0.3 is 10.2 Å². The number of amides is 3. The van der Waals surface area contributed by atoms with Gasteiger partial charge in [0.2, 0.25) is 11.8 Å². The lowest BCUT2D eigenvalue weighted by atomic mass is 10.1. The summed E-state index contributed by atoms with van der Waals surface area (Å²) in [6.07, 6.45) is 1.57. The molecule has 0 saturated carbocycles. The van der Waals surface area contributed by atoms with Gasteiger partial charge in [0.05, 0.1) is 5.56 Å². The van der Waals surface area contributed by atoms with Crippen LogP contribution in [0.2, 0.25) is 0 Å². The lowest BCUT2D eigenvalue weighted by Gasteiger charge is -2.32. The maximum absolute atomic E-state index is 13.5. The van der Waals surface area contributed by atoms with Gasteiger partial charge in [0.25, 0.3) is 15.9 Å². The Labute approximate surface area is 201 Å². The van der Waals surface area contributed by atoms with Crippen molar-refractivity contribution in [1.82, 2.24) is 14.5 Å². The lowest BCUT2D eigenvalue weighted by Crippen LogP contribution is -2.54. The third kappa shape index (κ3) is 5.30. The smallest absolute Gasteiger partial charge is 0.269 e. The van der Waals surface area contributed by atoms with Crippen LogP contribution in [0, 0.1) is 0 Å². The molecule has 2 atom stereocenters. The molecule has 1 aliphatic rings. The van der Waals surface area contributed by atoms with E-state index in [1.807, 2.05) is 44.2 Å². The molecule has 0 fully saturated rings. The average Bonchev–Trinajstić information content (AvgIpc) is 3.02. The number of fused-ring (bicyclic) bond motifs is 1. The van der Waals surface area contributed by atoms with E-state index in [1.54, 1.807) is 13.0 Å². The van der Waals surface area contributed by atoms with E-state index in [1.165, 1.54) is 23.1 Å². The van der Waals surface area contributed by atoms with E-state index in [4.69, 9.17) is 0 Å². The second-order valence-electron chi connectivity index (χ2n) is 8.38. The standard InChI is InChI=1S/C25H31N3O5S/c1-4-18(3)26-24(30)21(5-2)27(16-15-19-11-7-6-8-12-19)23(29)17-28-25(31)20-13-9-10-14-22(20)34(28,32)33/h6-14,18,21H,4-5,15-17H2,1-3H3,(H,26,30)/t18-,21+/m1/s1. The maximum Gasteiger partial charge on any atom is 0.269 e. The zero-order chi connectivity index (χ0) is 24.9. The fraction of sp³-hybridized carbons (Fsp3) is 0.400. The third-order valence-corrected chi connectivity index (χ3v) is 7.85. The summed E-state index contributed by atoms with van der Waals surface area (Å²) in [4.78, 5) is 40.6. The van der Waals surface area contributed by atoms with E-state index in [9.17, 15) is 22.8 Å². The summed E-state index contributed by atoms with van der Waals surface area (Å²) in [6, 6.07) is 14.6. The Hall–Kier alpha value is -3.20. The molecule has 0 aliphatic carbocycles. The van der Waals surface area contributed by atoms with Crippen LogP contribution in [0.4, 0.5) is 0 Å². The monoisotopic (exact) mass is 485 g/mol. The molecule has 8 nitrogen and oxygen atoms in total. The summed E-state index contributed by atoms with van der Waals surface area (Å²) in [5.74, 6) is -1.62. The number of benzene rings is 2. The molecule has 2 aromatic rings. The first-order chi connectivity index (χ1) is 16.2. The quantitative estimate of drug-likeness (QED) is 0.557. The molecule has 3 amide bonds. The fourth-order valence-corrected chi connectivity index (χ4v) is 5.46. The van der Waals surface area contributed by atoms with Crippen molar-refractivity contribution in [1.29, 1.82) is 0 Å². The topological polar surface area (TPSA) is 104 Å². The average molecular weight is 486 g/mol. The molecule has 1 aliphatic heterocycles. The van der Waals surface area contributed by atoms with Crippen molar-refractivity contribution < 1.29 is 22.8 Å². The highest BCUT2D eigenvalue weighted by molar-refractivity contribution is 7.90. The summed E-state index contributed by atoms with van der Waals surface area (Å²) in [5, 5.41) is 2.92. The fourth-order valence-electron chi connectivity index (χ4n) is 3.94. The Balaban J connectivity index is 1.86. The van der Waals surface area contributed by atoms with Gasteiger partial charge in [-0.05, 0) is 43.9 Å². The predicted molar refractivity (Wildman–Crippen MR) is 128 cm³/mol. The van der Waals surface area contributed by atoms with E-state index in [0.29, 0.717) is 17.1 Å². The van der Waals surface area contributed by atoms with Crippen molar-refractivity contribution in [2.45, 2.75) is 57.0 Å². The summed E-state index contributed by atoms with van der Waals surface area (Å²) in [7, 11) is -4.13. The van der Waals surface area contributed by atoms with Gasteiger partial charge >= 0.3 is 0 Å². The number of sulfonamides is 1. The third-order valence-electron chi connectivity index (χ3n) is 6.06. The van der Waals surface area contributed by atoms with Crippen molar-refractivity contribution in [2.75, 3.05) is 13.1 Å². The van der Waals surface area contributed by atoms with Crippen LogP contribution in [0.3, 0.4) is 0 Å². The number of nitrogens with one attached hydrogen (secondary N) is 1. The number of hydrogen-bond acceptors (Lipinski definition) is 5. The van der Waals surface area contributed by atoms with Gasteiger partial charge in [-0.2, -0.15) is 0 Å². The van der Waals surface area contributed by atoms with E-state index < -0.39 is 34.4 Å². The second-order valence-corrected chi connectivity index (χ2v) is 10.2. The Bertz CT molecular complexity index is 1150. The van der Waals surface area contributed by atoms with Crippen LogP contribution in [0.5, 0.6) is 0 Å². The van der Waals surface area contributed by atoms with Crippen molar-refractivity contribution in [3.05, 3.63) is 65.7 Å². The Morgan fingerprint density at radius 2 is 1.65 bits per heavy atom. The van der Waals surface area contributed by atoms with E-state index in [0.717, 1.165) is 12.0 Å². The van der Waals surface area contributed by atoms with Gasteiger partial charge in [-0.1, -0.05) is 56.3 Å². The Kier molecular flexibility index (Phi) is 8.09. The number of carbonyl (C=O) groups excluding carboxylic acids is 3. The van der Waals surface area contributed by atoms with Crippen LogP contribution in [0.25, 0.3) is 0 Å². The van der Waals surface area contributed by atoms with Crippen molar-refractivity contribution in [3.63, 3.8) is 0 Å². The summed E-state index contributed by atoms with van der Waals surface area (Å²) >= 11 is 0. The first-order valence-corrected chi connectivity index (χ1v) is 12.9. The number of nitrogens with zero attached hydrogens (tertiary/aromatic N) is 2. The SMILES string of the molecule is CC[C@@H](C)NC(=O)[C@H](CC)N(CCc1ccccc1)C(=O)CN1C(=O)c2ccccc2S1(=O)=O. The van der Waals surface area contributed by atoms with Crippen LogP contribution in [-0.2, 0) is 26.0 Å². The summed E-state index contributed by atoms with van der Waals surface area (Å²) in [5.41, 5.74) is 1.03. The van der Waals surface area contributed by atoms with Gasteiger partial charge in [-0.25, -0.2) is 12.7 Å². The minimum Gasteiger partial charge on any atom is -0.352 e. The molecule has 0 unspecified atom stereocenters. The first-order valence-electron chi connectivity index (χ1n) is 11.5. The predicted octanol–water partition coefficient (Wildman–Crippen LogP) is 2.60. The number of rotatable bonds is 10. The van der Waals surface area contributed by atoms with Gasteiger partial charge in [-0.15, -0.1) is 0 Å². The summed E-state index contributed by atoms with van der Waals surface area (Å²) < 4.78 is 26.5. The highest BCUT2D eigenvalue weighted by atomic mass is 32.2. The van der Waals surface area contributed by atoms with Crippen molar-refractivity contribution >= 4 is 27.7 Å². The van der Waals surface area contributed by atoms with Gasteiger partial charge in [0.15, 0.2) is 0 Å². The van der Waals surface area contributed by atoms with Gasteiger partial charge in [-0.3, -0.25) is 14.4 Å². The zero-order valence-electron chi connectivity index (χ0n) is 19.7. The molecular formula is C25H31N3O5S. The number of hydrogen-bond donors (Lipinski definition) is 1. The van der Waals surface area contributed by atoms with E-state index in [2.05, 4.69) is 5.32 Å². The van der Waals surface area contributed by atoms with E-state index >= 15 is 0 Å². The molecule has 0 spiro atoms. The molecule has 0 radical (unpaired) electrons. The molecule has 0 aromatic heterocycles. The lowest BCUT2D eigenvalue weighted by molar-refractivity contribution is -0.140. The Morgan fingerprint density at radius 1 is 1.00 bits per heavy atom. The molecule has 3 rings (SSSR count). The minimum atomic E-state index is -4.13. The largest absolute Gasteiger partial charge is 0.352 e. The normalized spacial score (nSPS) is 16.0. The zero-order valence-corrected chi connectivity index (χ0v) is 20.5. The second kappa shape index (κ2) is 10.8. The molecule has 1 heterocycles. The van der Waals surface area contributed by atoms with Gasteiger partial charge in [0.1, 0.15) is 17.5 Å². The minimum absolute atomic E-state index is 0.0488. The molecular weight excluding hydrogens is 454 g/mol. The van der Waals surface area contributed by atoms with Crippen LogP contribution in [-0.4, -0.2) is 60.5 Å². The van der Waals surface area contributed by atoms with Crippen LogP contribution in [0.15, 0.2) is 59.5 Å². The maximum atomic E-state index is 13.5. The van der Waals surface area contributed by atoms with Gasteiger partial charge in [0, 0.05) is 12.6 Å². The van der Waals surface area contributed by atoms with Crippen LogP contribution < -0.4 is 5.32 Å². The van der Waals surface area contributed by atoms with Crippen molar-refractivity contribution in [3.8, 4) is 0 Å². The Morgan fingerprint density at radius 3 is 2.26 bits per heavy atom.